The molecule has 0 fully saturated rings. The minimum Gasteiger partial charge on any atom is -0.246 e. The van der Waals surface area contributed by atoms with Crippen molar-refractivity contribution in [2.24, 2.45) is 4.99 Å². The van der Waals surface area contributed by atoms with E-state index in [0.29, 0.717) is 5.16 Å². The number of nitrogens with zero attached hydrogens (tertiary/aromatic N) is 1. The van der Waals surface area contributed by atoms with Crippen molar-refractivity contribution in [3.63, 3.8) is 0 Å². The molecule has 2 heteroatoms. The highest BCUT2D eigenvalue weighted by molar-refractivity contribution is 6.30. The summed E-state index contributed by atoms with van der Waals surface area (Å²) in [6, 6.07) is 0. The van der Waals surface area contributed by atoms with Gasteiger partial charge < -0.3 is 0 Å². The van der Waals surface area contributed by atoms with Crippen molar-refractivity contribution in [2.45, 2.75) is 19.8 Å². The number of aliphatic imine (C=N–C) groups is 1. The number of rotatable bonds is 0. The zero-order valence-corrected chi connectivity index (χ0v) is 5.57. The highest BCUT2D eigenvalue weighted by Gasteiger charge is 1.97. The average Bonchev–Trinajstić information content (AvgIpc) is 1.64. The topological polar surface area (TPSA) is 12.4 Å². The molecular formula is C6H8ClN. The predicted octanol–water partition coefficient (Wildman–Crippen LogP) is 2.32. The van der Waals surface area contributed by atoms with Crippen LogP contribution in [-0.4, -0.2) is 5.71 Å². The molecule has 44 valence electrons. The van der Waals surface area contributed by atoms with Crippen LogP contribution < -0.4 is 0 Å². The van der Waals surface area contributed by atoms with E-state index in [4.69, 9.17) is 11.6 Å². The van der Waals surface area contributed by atoms with E-state index >= 15 is 0 Å². The van der Waals surface area contributed by atoms with E-state index in [0.717, 1.165) is 18.6 Å². The molecule has 1 rings (SSSR count). The van der Waals surface area contributed by atoms with Crippen molar-refractivity contribution in [1.82, 2.24) is 0 Å². The summed E-state index contributed by atoms with van der Waals surface area (Å²) in [5.41, 5.74) is 1.14. The molecule has 1 aliphatic heterocycles. The van der Waals surface area contributed by atoms with Gasteiger partial charge >= 0.3 is 0 Å². The minimum atomic E-state index is 0.647. The standard InChI is InChI=1S/C6H8ClN/c1-5-3-2-4-6(7)8-5/h4H,2-3H2,1H3. The monoisotopic (exact) mass is 129 g/mol. The van der Waals surface area contributed by atoms with Gasteiger partial charge in [-0.3, -0.25) is 0 Å². The first-order valence-electron chi connectivity index (χ1n) is 2.69. The summed E-state index contributed by atoms with van der Waals surface area (Å²) in [5.74, 6) is 0. The summed E-state index contributed by atoms with van der Waals surface area (Å²) in [7, 11) is 0. The minimum absolute atomic E-state index is 0.647. The Morgan fingerprint density at radius 2 is 2.50 bits per heavy atom. The Bertz CT molecular complexity index is 147. The molecule has 0 unspecified atom stereocenters. The van der Waals surface area contributed by atoms with Gasteiger partial charge in [0.05, 0.1) is 0 Å². The summed E-state index contributed by atoms with van der Waals surface area (Å²) in [6.45, 7) is 2.00. The summed E-state index contributed by atoms with van der Waals surface area (Å²) < 4.78 is 0. The van der Waals surface area contributed by atoms with E-state index in [1.807, 2.05) is 13.0 Å². The lowest BCUT2D eigenvalue weighted by Gasteiger charge is -2.02. The van der Waals surface area contributed by atoms with Gasteiger partial charge in [0, 0.05) is 5.71 Å². The van der Waals surface area contributed by atoms with E-state index in [-0.39, 0.29) is 0 Å². The van der Waals surface area contributed by atoms with Crippen LogP contribution in [0.1, 0.15) is 19.8 Å². The van der Waals surface area contributed by atoms with Crippen molar-refractivity contribution in [3.05, 3.63) is 11.2 Å². The molecule has 0 spiro atoms. The van der Waals surface area contributed by atoms with Crippen LogP contribution in [0.5, 0.6) is 0 Å². The molecule has 0 aromatic rings. The zero-order chi connectivity index (χ0) is 5.98. The zero-order valence-electron chi connectivity index (χ0n) is 4.82. The third-order valence-electron chi connectivity index (χ3n) is 1.12. The fourth-order valence-electron chi connectivity index (χ4n) is 0.684. The molecule has 0 N–H and O–H groups in total. The summed E-state index contributed by atoms with van der Waals surface area (Å²) in [6.07, 6.45) is 4.05. The van der Waals surface area contributed by atoms with Crippen LogP contribution in [0.25, 0.3) is 0 Å². The summed E-state index contributed by atoms with van der Waals surface area (Å²) >= 11 is 5.59. The van der Waals surface area contributed by atoms with Gasteiger partial charge in [0.25, 0.3) is 0 Å². The SMILES string of the molecule is CC1=NC(Cl)=CCC1. The first-order chi connectivity index (χ1) is 3.79. The molecule has 8 heavy (non-hydrogen) atoms. The maximum atomic E-state index is 5.59. The second-order valence-electron chi connectivity index (χ2n) is 1.91. The Hall–Kier alpha value is -0.300. The molecule has 0 atom stereocenters. The fourth-order valence-corrected chi connectivity index (χ4v) is 0.937. The van der Waals surface area contributed by atoms with Gasteiger partial charge in [0.2, 0.25) is 0 Å². The number of hydrogen-bond donors (Lipinski definition) is 0. The van der Waals surface area contributed by atoms with Gasteiger partial charge in [0.1, 0.15) is 5.16 Å². The molecule has 1 nitrogen and oxygen atoms in total. The van der Waals surface area contributed by atoms with E-state index in [1.165, 1.54) is 0 Å². The summed E-state index contributed by atoms with van der Waals surface area (Å²) in [4.78, 5) is 4.03. The first kappa shape index (κ1) is 5.83. The molecule has 0 saturated carbocycles. The smallest absolute Gasteiger partial charge is 0.124 e. The molecule has 0 aromatic carbocycles. The molecule has 0 saturated heterocycles. The van der Waals surface area contributed by atoms with Crippen molar-refractivity contribution >= 4 is 17.3 Å². The average molecular weight is 130 g/mol. The van der Waals surface area contributed by atoms with Gasteiger partial charge in [-0.25, -0.2) is 4.99 Å². The molecular weight excluding hydrogens is 122 g/mol. The maximum Gasteiger partial charge on any atom is 0.124 e. The lowest BCUT2D eigenvalue weighted by atomic mass is 10.2. The van der Waals surface area contributed by atoms with Crippen LogP contribution in [0.3, 0.4) is 0 Å². The quantitative estimate of drug-likeness (QED) is 0.445. The molecule has 1 heterocycles. The second-order valence-corrected chi connectivity index (χ2v) is 2.30. The summed E-state index contributed by atoms with van der Waals surface area (Å²) in [5, 5.41) is 0.647. The lowest BCUT2D eigenvalue weighted by molar-refractivity contribution is 1.04. The van der Waals surface area contributed by atoms with Crippen LogP contribution in [0.15, 0.2) is 16.2 Å². The normalized spacial score (nSPS) is 19.8. The highest BCUT2D eigenvalue weighted by atomic mass is 35.5. The van der Waals surface area contributed by atoms with Gasteiger partial charge in [-0.2, -0.15) is 0 Å². The van der Waals surface area contributed by atoms with Crippen LogP contribution in [0.4, 0.5) is 0 Å². The van der Waals surface area contributed by atoms with Crippen molar-refractivity contribution in [3.8, 4) is 0 Å². The molecule has 0 amide bonds. The van der Waals surface area contributed by atoms with Crippen LogP contribution >= 0.6 is 11.6 Å². The molecule has 0 aliphatic carbocycles. The van der Waals surface area contributed by atoms with E-state index in [1.54, 1.807) is 0 Å². The van der Waals surface area contributed by atoms with E-state index in [9.17, 15) is 0 Å². The number of allylic oxidation sites excluding steroid dienone is 1. The Morgan fingerprint density at radius 3 is 2.88 bits per heavy atom. The van der Waals surface area contributed by atoms with Gasteiger partial charge in [0.15, 0.2) is 0 Å². The molecule has 0 aromatic heterocycles. The van der Waals surface area contributed by atoms with Crippen molar-refractivity contribution < 1.29 is 0 Å². The van der Waals surface area contributed by atoms with E-state index < -0.39 is 0 Å². The maximum absolute atomic E-state index is 5.59. The molecule has 1 aliphatic rings. The highest BCUT2D eigenvalue weighted by Crippen LogP contribution is 2.12. The largest absolute Gasteiger partial charge is 0.246 e. The lowest BCUT2D eigenvalue weighted by Crippen LogP contribution is -1.94. The molecule has 0 bridgehead atoms. The Kier molecular flexibility index (Phi) is 1.69. The molecule has 0 radical (unpaired) electrons. The fraction of sp³-hybridized carbons (Fsp3) is 0.500. The Morgan fingerprint density at radius 1 is 1.75 bits per heavy atom. The van der Waals surface area contributed by atoms with E-state index in [2.05, 4.69) is 4.99 Å². The predicted molar refractivity (Wildman–Crippen MR) is 36.3 cm³/mol. The van der Waals surface area contributed by atoms with Crippen molar-refractivity contribution in [2.75, 3.05) is 0 Å². The van der Waals surface area contributed by atoms with Crippen molar-refractivity contribution in [1.29, 1.82) is 0 Å². The van der Waals surface area contributed by atoms with Crippen LogP contribution in [0.2, 0.25) is 0 Å². The third kappa shape index (κ3) is 1.34. The number of halogens is 1. The Labute approximate surface area is 54.1 Å². The van der Waals surface area contributed by atoms with Crippen LogP contribution in [0, 0.1) is 0 Å². The van der Waals surface area contributed by atoms with Gasteiger partial charge in [-0.05, 0) is 25.8 Å². The van der Waals surface area contributed by atoms with Gasteiger partial charge in [-0.1, -0.05) is 11.6 Å². The van der Waals surface area contributed by atoms with Gasteiger partial charge in [-0.15, -0.1) is 0 Å². The third-order valence-corrected chi connectivity index (χ3v) is 1.36. The number of hydrogen-bond acceptors (Lipinski definition) is 1. The van der Waals surface area contributed by atoms with Crippen LogP contribution in [-0.2, 0) is 0 Å². The first-order valence-corrected chi connectivity index (χ1v) is 3.06. The second kappa shape index (κ2) is 2.31. The Balaban J connectivity index is 2.69.